The van der Waals surface area contributed by atoms with Gasteiger partial charge in [0.25, 0.3) is 0 Å². The van der Waals surface area contributed by atoms with Crippen LogP contribution in [0, 0.1) is 23.7 Å². The molecule has 5 rings (SSSR count). The Bertz CT molecular complexity index is 941. The maximum Gasteiger partial charge on any atom is 0.395 e. The minimum Gasteiger partial charge on any atom is -0.380 e. The lowest BCUT2D eigenvalue weighted by atomic mass is 9.70. The number of amides is 2. The van der Waals surface area contributed by atoms with Gasteiger partial charge in [0.2, 0.25) is 11.8 Å². The summed E-state index contributed by atoms with van der Waals surface area (Å²) in [6, 6.07) is -0.433. The molecule has 0 radical (unpaired) electrons. The molecule has 5 fully saturated rings. The van der Waals surface area contributed by atoms with Crippen LogP contribution >= 0.6 is 23.4 Å². The Kier molecular flexibility index (Phi) is 10.0. The second-order valence-corrected chi connectivity index (χ2v) is 13.9. The molecule has 41 heavy (non-hydrogen) atoms. The summed E-state index contributed by atoms with van der Waals surface area (Å²) in [5, 5.41) is 16.2. The van der Waals surface area contributed by atoms with Crippen LogP contribution in [0.2, 0.25) is 0 Å². The highest BCUT2D eigenvalue weighted by Gasteiger charge is 2.51. The Labute approximate surface area is 248 Å². The van der Waals surface area contributed by atoms with Crippen molar-refractivity contribution in [2.45, 2.75) is 85.5 Å². The molecule has 5 heterocycles. The van der Waals surface area contributed by atoms with Crippen molar-refractivity contribution in [3.8, 4) is 0 Å². The van der Waals surface area contributed by atoms with E-state index in [-0.39, 0.29) is 70.8 Å². The topological polar surface area (TPSA) is 116 Å². The number of alkyl halides is 4. The summed E-state index contributed by atoms with van der Waals surface area (Å²) in [5.74, 6) is -1.77. The number of hydrogen-bond donors (Lipinski definition) is 5. The Morgan fingerprint density at radius 1 is 1.02 bits per heavy atom. The third kappa shape index (κ3) is 6.95. The van der Waals surface area contributed by atoms with Crippen molar-refractivity contribution in [1.82, 2.24) is 31.5 Å². The molecule has 5 aliphatic heterocycles. The van der Waals surface area contributed by atoms with Crippen LogP contribution in [-0.4, -0.2) is 110 Å². The normalized spacial score (nSPS) is 43.5. The van der Waals surface area contributed by atoms with Crippen LogP contribution in [0.3, 0.4) is 0 Å². The number of fused-ring (bicyclic) bond motifs is 1. The number of hydrogen-bond acceptors (Lipinski definition) is 9. The fourth-order valence-corrected chi connectivity index (χ4v) is 9.03. The lowest BCUT2D eigenvalue weighted by Crippen LogP contribution is -2.58. The van der Waals surface area contributed by atoms with Gasteiger partial charge in [-0.1, -0.05) is 0 Å². The van der Waals surface area contributed by atoms with Crippen molar-refractivity contribution >= 4 is 35.2 Å². The zero-order valence-corrected chi connectivity index (χ0v) is 25.2. The number of nitrogens with one attached hydrogen (secondary N) is 5. The fraction of sp³-hybridized carbons (Fsp3) is 0.923. The first-order chi connectivity index (χ1) is 19.5. The van der Waals surface area contributed by atoms with Gasteiger partial charge >= 0.3 is 6.18 Å². The summed E-state index contributed by atoms with van der Waals surface area (Å²) in [6.45, 7) is 4.29. The van der Waals surface area contributed by atoms with Gasteiger partial charge in [0, 0.05) is 57.7 Å². The summed E-state index contributed by atoms with van der Waals surface area (Å²) in [4.78, 5) is 28.5. The van der Waals surface area contributed by atoms with E-state index in [0.717, 1.165) is 12.8 Å². The van der Waals surface area contributed by atoms with Crippen molar-refractivity contribution in [2.24, 2.45) is 23.7 Å². The summed E-state index contributed by atoms with van der Waals surface area (Å²) < 4.78 is 50.8. The predicted molar refractivity (Wildman–Crippen MR) is 149 cm³/mol. The fourth-order valence-electron chi connectivity index (χ4n) is 7.32. The van der Waals surface area contributed by atoms with Gasteiger partial charge in [-0.15, -0.1) is 23.4 Å². The second-order valence-electron chi connectivity index (χ2n) is 12.0. The van der Waals surface area contributed by atoms with E-state index >= 15 is 0 Å². The van der Waals surface area contributed by atoms with Gasteiger partial charge in [-0.3, -0.25) is 25.5 Å². The van der Waals surface area contributed by atoms with E-state index in [2.05, 4.69) is 33.5 Å². The number of rotatable bonds is 6. The molecule has 5 aliphatic rings. The second kappa shape index (κ2) is 13.0. The van der Waals surface area contributed by atoms with Crippen LogP contribution in [0.15, 0.2) is 0 Å². The zero-order valence-electron chi connectivity index (χ0n) is 23.6. The molecule has 0 aromatic rings. The molecule has 5 N–H and O–H groups in total. The van der Waals surface area contributed by atoms with Crippen LogP contribution < -0.4 is 26.6 Å². The number of carbonyl (C=O) groups excluding carboxylic acids is 2. The maximum absolute atomic E-state index is 13.6. The first-order valence-corrected chi connectivity index (χ1v) is 15.9. The van der Waals surface area contributed by atoms with Crippen molar-refractivity contribution < 1.29 is 32.2 Å². The van der Waals surface area contributed by atoms with Crippen LogP contribution in [0.1, 0.15) is 32.6 Å². The van der Waals surface area contributed by atoms with Crippen molar-refractivity contribution in [2.75, 3.05) is 40.4 Å². The Morgan fingerprint density at radius 3 is 2.49 bits per heavy atom. The van der Waals surface area contributed by atoms with Gasteiger partial charge in [0.15, 0.2) is 0 Å². The van der Waals surface area contributed by atoms with E-state index in [4.69, 9.17) is 21.1 Å². The summed E-state index contributed by atoms with van der Waals surface area (Å²) in [6.07, 6.45) is -4.08. The smallest absolute Gasteiger partial charge is 0.380 e. The average molecular weight is 627 g/mol. The quantitative estimate of drug-likeness (QED) is 0.218. The SMILES string of the molecule is COC1CNC(Cl)CC1C1CC(C)NCC1C(=O)NC1NC2CN(C(=O)C3CCC(C(F)(F)F)C(OC)N3)CC2S1. The van der Waals surface area contributed by atoms with Gasteiger partial charge in [-0.05, 0) is 44.4 Å². The van der Waals surface area contributed by atoms with Crippen LogP contribution in [-0.2, 0) is 19.1 Å². The Hall–Kier alpha value is -0.870. The first kappa shape index (κ1) is 31.6. The third-order valence-corrected chi connectivity index (χ3v) is 11.2. The molecular weight excluding hydrogens is 585 g/mol. The van der Waals surface area contributed by atoms with Crippen molar-refractivity contribution in [3.63, 3.8) is 0 Å². The standard InChI is InChI=1S/C26H42ClF3N6O4S/c1-12-6-13(14-7-21(27)32-9-19(14)39-2)15(8-31-12)22(37)35-25-34-18-10-36(11-20(18)41-25)24(38)17-5-4-16(26(28,29)30)23(33-17)40-3/h12-21,23,25,31-34H,4-11H2,1-3H3,(H,35,37). The van der Waals surface area contributed by atoms with E-state index in [1.54, 1.807) is 23.8 Å². The van der Waals surface area contributed by atoms with Gasteiger partial charge < -0.3 is 25.0 Å². The predicted octanol–water partition coefficient (Wildman–Crippen LogP) is 1.01. The molecule has 234 valence electrons. The van der Waals surface area contributed by atoms with Crippen molar-refractivity contribution in [1.29, 1.82) is 0 Å². The molecule has 0 spiro atoms. The molecular formula is C26H42ClF3N6O4S. The molecule has 0 saturated carbocycles. The Balaban J connectivity index is 1.14. The molecule has 10 nitrogen and oxygen atoms in total. The molecule has 15 heteroatoms. The third-order valence-electron chi connectivity index (χ3n) is 9.51. The zero-order chi connectivity index (χ0) is 29.5. The number of piperidine rings is 3. The Morgan fingerprint density at radius 2 is 1.80 bits per heavy atom. The minimum absolute atomic E-state index is 0.00497. The highest BCUT2D eigenvalue weighted by atomic mass is 35.5. The van der Waals surface area contributed by atoms with E-state index in [1.165, 1.54) is 7.11 Å². The molecule has 12 unspecified atom stereocenters. The largest absolute Gasteiger partial charge is 0.395 e. The molecule has 12 atom stereocenters. The number of thioether (sulfide) groups is 1. The molecule has 0 bridgehead atoms. The number of ether oxygens (including phenoxy) is 2. The molecule has 2 amide bonds. The van der Waals surface area contributed by atoms with E-state index in [1.807, 2.05) is 0 Å². The average Bonchev–Trinajstić information content (AvgIpc) is 3.50. The molecule has 5 saturated heterocycles. The van der Waals surface area contributed by atoms with Crippen LogP contribution in [0.25, 0.3) is 0 Å². The highest BCUT2D eigenvalue weighted by Crippen LogP contribution is 2.39. The van der Waals surface area contributed by atoms with E-state index in [0.29, 0.717) is 32.2 Å². The van der Waals surface area contributed by atoms with Crippen LogP contribution in [0.4, 0.5) is 13.2 Å². The monoisotopic (exact) mass is 626 g/mol. The summed E-state index contributed by atoms with van der Waals surface area (Å²) in [5.41, 5.74) is -0.423. The number of methoxy groups -OCH3 is 2. The first-order valence-electron chi connectivity index (χ1n) is 14.5. The van der Waals surface area contributed by atoms with E-state index < -0.39 is 24.4 Å². The lowest BCUT2D eigenvalue weighted by Gasteiger charge is -2.45. The minimum atomic E-state index is -4.38. The molecule has 0 aromatic carbocycles. The summed E-state index contributed by atoms with van der Waals surface area (Å²) in [7, 11) is 2.93. The van der Waals surface area contributed by atoms with Gasteiger partial charge in [-0.25, -0.2) is 0 Å². The van der Waals surface area contributed by atoms with Gasteiger partial charge in [-0.2, -0.15) is 13.2 Å². The van der Waals surface area contributed by atoms with Crippen molar-refractivity contribution in [3.05, 3.63) is 0 Å². The lowest BCUT2D eigenvalue weighted by molar-refractivity contribution is -0.219. The molecule has 0 aromatic heterocycles. The maximum atomic E-state index is 13.6. The number of halogens is 4. The van der Waals surface area contributed by atoms with Crippen LogP contribution in [0.5, 0.6) is 0 Å². The number of nitrogens with zero attached hydrogens (tertiary/aromatic N) is 1. The van der Waals surface area contributed by atoms with Gasteiger partial charge in [0.1, 0.15) is 11.7 Å². The van der Waals surface area contributed by atoms with E-state index in [9.17, 15) is 22.8 Å². The molecule has 0 aliphatic carbocycles. The summed E-state index contributed by atoms with van der Waals surface area (Å²) >= 11 is 8.04. The number of likely N-dealkylation sites (tertiary alicyclic amines) is 1. The highest BCUT2D eigenvalue weighted by molar-refractivity contribution is 8.00. The number of carbonyl (C=O) groups is 2. The van der Waals surface area contributed by atoms with Gasteiger partial charge in [0.05, 0.1) is 29.5 Å².